The van der Waals surface area contributed by atoms with E-state index in [0.717, 1.165) is 0 Å². The van der Waals surface area contributed by atoms with E-state index in [1.54, 1.807) is 18.2 Å². The molecule has 1 unspecified atom stereocenters. The molecule has 0 rings (SSSR count). The minimum Gasteiger partial charge on any atom is -0.381 e. The molecule has 0 saturated heterocycles. The van der Waals surface area contributed by atoms with Gasteiger partial charge in [0, 0.05) is 6.08 Å². The Bertz CT molecular complexity index is 259. The predicted octanol–water partition coefficient (Wildman–Crippen LogP) is -0.919. The molecule has 5 heteroatoms. The van der Waals surface area contributed by atoms with Gasteiger partial charge >= 0.3 is 0 Å². The fourth-order valence-corrected chi connectivity index (χ4v) is 0.611. The highest BCUT2D eigenvalue weighted by Gasteiger charge is 2.10. The van der Waals surface area contributed by atoms with Crippen LogP contribution >= 0.6 is 0 Å². The third-order valence-corrected chi connectivity index (χ3v) is 1.35. The molecule has 2 amide bonds. The summed E-state index contributed by atoms with van der Waals surface area (Å²) in [5.41, 5.74) is 4.77. The number of primary amides is 1. The number of amides is 2. The standard InChI is InChI=1S/C9H14N2O3/c1-2-3-4-5-8(13)11-6-7(12)9(10)14/h2-5,7,12H,6H2,1H3,(H2,10,14)(H,11,13). The number of hydrogen-bond donors (Lipinski definition) is 3. The quantitative estimate of drug-likeness (QED) is 0.394. The number of rotatable bonds is 5. The molecule has 1 atom stereocenters. The van der Waals surface area contributed by atoms with Crippen molar-refractivity contribution in [3.63, 3.8) is 0 Å². The number of nitrogens with one attached hydrogen (secondary N) is 1. The lowest BCUT2D eigenvalue weighted by atomic mass is 10.3. The Hall–Kier alpha value is -1.62. The van der Waals surface area contributed by atoms with Crippen LogP contribution in [0.15, 0.2) is 24.3 Å². The second-order valence-corrected chi connectivity index (χ2v) is 2.55. The van der Waals surface area contributed by atoms with Crippen LogP contribution in [-0.2, 0) is 9.59 Å². The maximum atomic E-state index is 10.9. The average molecular weight is 198 g/mol. The summed E-state index contributed by atoms with van der Waals surface area (Å²) in [6, 6.07) is 0. The number of hydrogen-bond acceptors (Lipinski definition) is 3. The molecule has 5 nitrogen and oxygen atoms in total. The Morgan fingerprint density at radius 1 is 1.50 bits per heavy atom. The van der Waals surface area contributed by atoms with Crippen molar-refractivity contribution in [2.24, 2.45) is 5.73 Å². The van der Waals surface area contributed by atoms with E-state index < -0.39 is 12.0 Å². The lowest BCUT2D eigenvalue weighted by molar-refractivity contribution is -0.126. The van der Waals surface area contributed by atoms with Gasteiger partial charge in [0.15, 0.2) is 0 Å². The molecule has 0 aromatic rings. The van der Waals surface area contributed by atoms with E-state index in [2.05, 4.69) is 5.32 Å². The van der Waals surface area contributed by atoms with E-state index >= 15 is 0 Å². The molecule has 0 aromatic heterocycles. The topological polar surface area (TPSA) is 92.4 Å². The molecule has 4 N–H and O–H groups in total. The van der Waals surface area contributed by atoms with Gasteiger partial charge in [-0.15, -0.1) is 0 Å². The zero-order valence-corrected chi connectivity index (χ0v) is 7.93. The predicted molar refractivity (Wildman–Crippen MR) is 52.2 cm³/mol. The second kappa shape index (κ2) is 6.85. The highest BCUT2D eigenvalue weighted by atomic mass is 16.3. The molecular weight excluding hydrogens is 184 g/mol. The van der Waals surface area contributed by atoms with Crippen LogP contribution in [0.25, 0.3) is 0 Å². The zero-order valence-electron chi connectivity index (χ0n) is 7.93. The number of aliphatic hydroxyl groups excluding tert-OH is 1. The van der Waals surface area contributed by atoms with E-state index in [-0.39, 0.29) is 12.5 Å². The summed E-state index contributed by atoms with van der Waals surface area (Å²) in [6.07, 6.45) is 4.94. The van der Waals surface area contributed by atoms with Crippen LogP contribution in [0, 0.1) is 0 Å². The Kier molecular flexibility index (Phi) is 6.06. The number of nitrogens with two attached hydrogens (primary N) is 1. The summed E-state index contributed by atoms with van der Waals surface area (Å²) in [7, 11) is 0. The van der Waals surface area contributed by atoms with Gasteiger partial charge in [0.1, 0.15) is 6.10 Å². The van der Waals surface area contributed by atoms with Gasteiger partial charge in [-0.05, 0) is 6.92 Å². The fraction of sp³-hybridized carbons (Fsp3) is 0.333. The molecule has 0 aromatic carbocycles. The minimum atomic E-state index is -1.34. The molecule has 78 valence electrons. The van der Waals surface area contributed by atoms with Crippen LogP contribution in [0.3, 0.4) is 0 Å². The first-order valence-corrected chi connectivity index (χ1v) is 4.12. The number of allylic oxidation sites excluding steroid dienone is 3. The van der Waals surface area contributed by atoms with Crippen LogP contribution < -0.4 is 11.1 Å². The summed E-state index contributed by atoms with van der Waals surface area (Å²) in [5.74, 6) is -1.24. The minimum absolute atomic E-state index is 0.172. The number of carbonyl (C=O) groups excluding carboxylic acids is 2. The highest BCUT2D eigenvalue weighted by molar-refractivity contribution is 5.88. The molecule has 0 aliphatic carbocycles. The van der Waals surface area contributed by atoms with Crippen molar-refractivity contribution in [2.75, 3.05) is 6.54 Å². The van der Waals surface area contributed by atoms with Crippen LogP contribution in [0.1, 0.15) is 6.92 Å². The van der Waals surface area contributed by atoms with Crippen molar-refractivity contribution in [3.8, 4) is 0 Å². The van der Waals surface area contributed by atoms with E-state index in [1.165, 1.54) is 6.08 Å². The normalized spacial score (nSPS) is 13.3. The maximum Gasteiger partial charge on any atom is 0.248 e. The van der Waals surface area contributed by atoms with E-state index in [0.29, 0.717) is 0 Å². The molecule has 0 heterocycles. The average Bonchev–Trinajstić information content (AvgIpc) is 2.14. The maximum absolute atomic E-state index is 10.9. The smallest absolute Gasteiger partial charge is 0.248 e. The van der Waals surface area contributed by atoms with Crippen molar-refractivity contribution in [2.45, 2.75) is 13.0 Å². The van der Waals surface area contributed by atoms with E-state index in [4.69, 9.17) is 10.8 Å². The van der Waals surface area contributed by atoms with Crippen LogP contribution in [0.2, 0.25) is 0 Å². The Balaban J connectivity index is 3.80. The summed E-state index contributed by atoms with van der Waals surface area (Å²) >= 11 is 0. The van der Waals surface area contributed by atoms with Crippen LogP contribution in [0.5, 0.6) is 0 Å². The monoisotopic (exact) mass is 198 g/mol. The zero-order chi connectivity index (χ0) is 11.0. The van der Waals surface area contributed by atoms with Gasteiger partial charge in [0.2, 0.25) is 11.8 Å². The van der Waals surface area contributed by atoms with Crippen LogP contribution in [0.4, 0.5) is 0 Å². The molecule has 0 spiro atoms. The summed E-state index contributed by atoms with van der Waals surface area (Å²) < 4.78 is 0. The van der Waals surface area contributed by atoms with Gasteiger partial charge in [-0.25, -0.2) is 0 Å². The fourth-order valence-electron chi connectivity index (χ4n) is 0.611. The van der Waals surface area contributed by atoms with E-state index in [1.807, 2.05) is 6.92 Å². The summed E-state index contributed by atoms with van der Waals surface area (Å²) in [5, 5.41) is 11.2. The lowest BCUT2D eigenvalue weighted by Crippen LogP contribution is -2.39. The number of aliphatic hydroxyl groups is 1. The molecule has 0 aliphatic rings. The van der Waals surface area contributed by atoms with Crippen molar-refractivity contribution in [1.29, 1.82) is 0 Å². The Morgan fingerprint density at radius 3 is 2.64 bits per heavy atom. The van der Waals surface area contributed by atoms with Gasteiger partial charge in [0.25, 0.3) is 0 Å². The third-order valence-electron chi connectivity index (χ3n) is 1.35. The Labute approximate surface area is 82.3 Å². The SMILES string of the molecule is CC=CC=CC(=O)NCC(O)C(N)=O. The van der Waals surface area contributed by atoms with Gasteiger partial charge < -0.3 is 16.2 Å². The molecule has 0 radical (unpaired) electrons. The number of carbonyl (C=O) groups is 2. The van der Waals surface area contributed by atoms with Gasteiger partial charge in [-0.3, -0.25) is 9.59 Å². The first kappa shape index (κ1) is 12.4. The molecule has 0 saturated carbocycles. The second-order valence-electron chi connectivity index (χ2n) is 2.55. The first-order chi connectivity index (χ1) is 6.57. The van der Waals surface area contributed by atoms with Crippen molar-refractivity contribution >= 4 is 11.8 Å². The summed E-state index contributed by atoms with van der Waals surface area (Å²) in [6.45, 7) is 1.65. The molecule has 0 fully saturated rings. The largest absolute Gasteiger partial charge is 0.381 e. The molecule has 14 heavy (non-hydrogen) atoms. The van der Waals surface area contributed by atoms with Crippen molar-refractivity contribution in [1.82, 2.24) is 5.32 Å². The van der Waals surface area contributed by atoms with Gasteiger partial charge in [-0.2, -0.15) is 0 Å². The first-order valence-electron chi connectivity index (χ1n) is 4.12. The van der Waals surface area contributed by atoms with Crippen molar-refractivity contribution < 1.29 is 14.7 Å². The van der Waals surface area contributed by atoms with Crippen molar-refractivity contribution in [3.05, 3.63) is 24.3 Å². The summed E-state index contributed by atoms with van der Waals surface area (Å²) in [4.78, 5) is 21.3. The molecule has 0 aliphatic heterocycles. The third kappa shape index (κ3) is 5.96. The lowest BCUT2D eigenvalue weighted by Gasteiger charge is -2.05. The molecular formula is C9H14N2O3. The highest BCUT2D eigenvalue weighted by Crippen LogP contribution is 1.80. The van der Waals surface area contributed by atoms with Crippen LogP contribution in [-0.4, -0.2) is 29.6 Å². The van der Waals surface area contributed by atoms with Gasteiger partial charge in [-0.1, -0.05) is 18.2 Å². The van der Waals surface area contributed by atoms with E-state index in [9.17, 15) is 9.59 Å². The molecule has 0 bridgehead atoms. The Morgan fingerprint density at radius 2 is 2.14 bits per heavy atom. The van der Waals surface area contributed by atoms with Gasteiger partial charge in [0.05, 0.1) is 6.54 Å².